The van der Waals surface area contributed by atoms with Crippen LogP contribution in [0.2, 0.25) is 0 Å². The lowest BCUT2D eigenvalue weighted by Gasteiger charge is -2.10. The van der Waals surface area contributed by atoms with Gasteiger partial charge in [0.05, 0.1) is 7.11 Å². The van der Waals surface area contributed by atoms with E-state index in [0.717, 1.165) is 16.9 Å². The number of nitrogens with one attached hydrogen (secondary N) is 1. The maximum atomic E-state index is 12.5. The lowest BCUT2D eigenvalue weighted by molar-refractivity contribution is -0.117. The van der Waals surface area contributed by atoms with Gasteiger partial charge in [-0.15, -0.1) is 0 Å². The molecule has 0 saturated heterocycles. The predicted octanol–water partition coefficient (Wildman–Crippen LogP) is 4.81. The van der Waals surface area contributed by atoms with E-state index in [1.807, 2.05) is 85.8 Å². The van der Waals surface area contributed by atoms with E-state index in [-0.39, 0.29) is 5.57 Å². The first-order chi connectivity index (χ1) is 15.1. The van der Waals surface area contributed by atoms with E-state index < -0.39 is 5.91 Å². The van der Waals surface area contributed by atoms with Crippen molar-refractivity contribution < 1.29 is 14.3 Å². The number of hydrogen-bond acceptors (Lipinski definition) is 4. The van der Waals surface area contributed by atoms with Crippen LogP contribution in [0.1, 0.15) is 22.3 Å². The van der Waals surface area contributed by atoms with E-state index in [1.165, 1.54) is 5.56 Å². The minimum atomic E-state index is -0.438. The molecule has 0 aliphatic rings. The maximum Gasteiger partial charge on any atom is 0.262 e. The number of hydrogen-bond donors (Lipinski definition) is 1. The molecule has 0 unspecified atom stereocenters. The Morgan fingerprint density at radius 1 is 1.00 bits per heavy atom. The smallest absolute Gasteiger partial charge is 0.262 e. The van der Waals surface area contributed by atoms with E-state index >= 15 is 0 Å². The van der Waals surface area contributed by atoms with Gasteiger partial charge in [0.15, 0.2) is 0 Å². The van der Waals surface area contributed by atoms with Gasteiger partial charge >= 0.3 is 0 Å². The number of methoxy groups -OCH3 is 1. The van der Waals surface area contributed by atoms with Crippen LogP contribution in [-0.4, -0.2) is 13.0 Å². The van der Waals surface area contributed by atoms with E-state index in [4.69, 9.17) is 9.47 Å². The van der Waals surface area contributed by atoms with Crippen LogP contribution in [0.3, 0.4) is 0 Å². The molecule has 0 heterocycles. The number of nitriles is 1. The van der Waals surface area contributed by atoms with Crippen molar-refractivity contribution >= 4 is 12.0 Å². The molecule has 0 spiro atoms. The lowest BCUT2D eigenvalue weighted by atomic mass is 10.1. The minimum absolute atomic E-state index is 0.0138. The number of ether oxygens (including phenoxy) is 2. The third-order valence-electron chi connectivity index (χ3n) is 4.71. The van der Waals surface area contributed by atoms with Crippen LogP contribution in [0.5, 0.6) is 11.5 Å². The van der Waals surface area contributed by atoms with Gasteiger partial charge < -0.3 is 14.8 Å². The molecule has 0 atom stereocenters. The molecule has 156 valence electrons. The molecular weight excluding hydrogens is 388 g/mol. The summed E-state index contributed by atoms with van der Waals surface area (Å²) in [5.41, 5.74) is 3.83. The monoisotopic (exact) mass is 412 g/mol. The summed E-state index contributed by atoms with van der Waals surface area (Å²) in [6.45, 7) is 2.75. The van der Waals surface area contributed by atoms with Crippen molar-refractivity contribution in [2.45, 2.75) is 20.1 Å². The molecule has 3 aromatic carbocycles. The fourth-order valence-corrected chi connectivity index (χ4v) is 2.90. The zero-order valence-corrected chi connectivity index (χ0v) is 17.6. The normalized spacial score (nSPS) is 10.8. The van der Waals surface area contributed by atoms with Crippen molar-refractivity contribution in [1.29, 1.82) is 5.26 Å². The Balaban J connectivity index is 1.68. The highest BCUT2D eigenvalue weighted by Crippen LogP contribution is 2.22. The first-order valence-corrected chi connectivity index (χ1v) is 9.89. The van der Waals surface area contributed by atoms with Gasteiger partial charge in [0.25, 0.3) is 5.91 Å². The molecule has 0 aliphatic carbocycles. The standard InChI is InChI=1S/C26H24N2O3/c1-19-7-9-21(10-8-19)18-31-25-6-4-3-5-22(25)15-23(16-27)26(29)28-17-20-11-13-24(30-2)14-12-20/h3-15H,17-18H2,1-2H3,(H,28,29)/b23-15-. The van der Waals surface area contributed by atoms with Gasteiger partial charge in [-0.3, -0.25) is 4.79 Å². The first-order valence-electron chi connectivity index (χ1n) is 9.89. The number of carbonyl (C=O) groups is 1. The Morgan fingerprint density at radius 2 is 1.68 bits per heavy atom. The number of para-hydroxylation sites is 1. The van der Waals surface area contributed by atoms with E-state index in [0.29, 0.717) is 24.5 Å². The molecule has 1 amide bonds. The highest BCUT2D eigenvalue weighted by Gasteiger charge is 2.11. The summed E-state index contributed by atoms with van der Waals surface area (Å²) >= 11 is 0. The average molecular weight is 412 g/mol. The lowest BCUT2D eigenvalue weighted by Crippen LogP contribution is -2.23. The number of benzene rings is 3. The molecule has 0 bridgehead atoms. The molecule has 3 aromatic rings. The van der Waals surface area contributed by atoms with Crippen LogP contribution < -0.4 is 14.8 Å². The van der Waals surface area contributed by atoms with Crippen LogP contribution in [-0.2, 0) is 17.9 Å². The number of carbonyl (C=O) groups excluding carboxylic acids is 1. The molecule has 0 saturated carbocycles. The van der Waals surface area contributed by atoms with Crippen molar-refractivity contribution in [2.24, 2.45) is 0 Å². The van der Waals surface area contributed by atoms with Gasteiger partial charge in [-0.2, -0.15) is 5.26 Å². The summed E-state index contributed by atoms with van der Waals surface area (Å²) in [6, 6.07) is 24.8. The van der Waals surface area contributed by atoms with Crippen LogP contribution >= 0.6 is 0 Å². The third-order valence-corrected chi connectivity index (χ3v) is 4.71. The molecule has 5 heteroatoms. The summed E-state index contributed by atoms with van der Waals surface area (Å²) in [5.74, 6) is 0.917. The highest BCUT2D eigenvalue weighted by molar-refractivity contribution is 6.01. The zero-order chi connectivity index (χ0) is 22.1. The Labute approximate surface area is 182 Å². The molecular formula is C26H24N2O3. The molecule has 0 radical (unpaired) electrons. The van der Waals surface area contributed by atoms with Crippen molar-refractivity contribution in [1.82, 2.24) is 5.32 Å². The Bertz CT molecular complexity index is 1090. The highest BCUT2D eigenvalue weighted by atomic mass is 16.5. The minimum Gasteiger partial charge on any atom is -0.497 e. The quantitative estimate of drug-likeness (QED) is 0.426. The van der Waals surface area contributed by atoms with Crippen LogP contribution in [0.15, 0.2) is 78.4 Å². The number of aryl methyl sites for hydroxylation is 1. The second-order valence-corrected chi connectivity index (χ2v) is 7.01. The fraction of sp³-hybridized carbons (Fsp3) is 0.154. The third kappa shape index (κ3) is 6.22. The van der Waals surface area contributed by atoms with Gasteiger partial charge in [-0.1, -0.05) is 60.2 Å². The van der Waals surface area contributed by atoms with E-state index in [9.17, 15) is 10.1 Å². The first kappa shape index (κ1) is 21.7. The summed E-state index contributed by atoms with van der Waals surface area (Å²) in [6.07, 6.45) is 1.55. The van der Waals surface area contributed by atoms with Crippen LogP contribution in [0, 0.1) is 18.3 Å². The van der Waals surface area contributed by atoms with Gasteiger partial charge in [0, 0.05) is 12.1 Å². The topological polar surface area (TPSA) is 71.3 Å². The second kappa shape index (κ2) is 10.7. The van der Waals surface area contributed by atoms with E-state index in [1.54, 1.807) is 13.2 Å². The molecule has 1 N–H and O–H groups in total. The summed E-state index contributed by atoms with van der Waals surface area (Å²) in [7, 11) is 1.60. The summed E-state index contributed by atoms with van der Waals surface area (Å²) in [4.78, 5) is 12.5. The van der Waals surface area contributed by atoms with Crippen LogP contribution in [0.4, 0.5) is 0 Å². The number of nitrogens with zero attached hydrogens (tertiary/aromatic N) is 1. The Morgan fingerprint density at radius 3 is 2.35 bits per heavy atom. The van der Waals surface area contributed by atoms with Crippen molar-refractivity contribution in [3.8, 4) is 17.6 Å². The SMILES string of the molecule is COc1ccc(CNC(=O)/C(C#N)=C\c2ccccc2OCc2ccc(C)cc2)cc1. The second-order valence-electron chi connectivity index (χ2n) is 7.01. The molecule has 31 heavy (non-hydrogen) atoms. The number of amides is 1. The van der Waals surface area contributed by atoms with Gasteiger partial charge in [0.1, 0.15) is 29.7 Å². The largest absolute Gasteiger partial charge is 0.497 e. The van der Waals surface area contributed by atoms with Gasteiger partial charge in [-0.05, 0) is 42.3 Å². The molecule has 0 aliphatic heterocycles. The number of rotatable bonds is 8. The fourth-order valence-electron chi connectivity index (χ4n) is 2.90. The van der Waals surface area contributed by atoms with Gasteiger partial charge in [0.2, 0.25) is 0 Å². The van der Waals surface area contributed by atoms with Crippen molar-refractivity contribution in [2.75, 3.05) is 7.11 Å². The van der Waals surface area contributed by atoms with E-state index in [2.05, 4.69) is 5.32 Å². The Kier molecular flexibility index (Phi) is 7.45. The maximum absolute atomic E-state index is 12.5. The molecule has 5 nitrogen and oxygen atoms in total. The predicted molar refractivity (Wildman–Crippen MR) is 120 cm³/mol. The summed E-state index contributed by atoms with van der Waals surface area (Å²) < 4.78 is 11.1. The zero-order valence-electron chi connectivity index (χ0n) is 17.6. The Hall–Kier alpha value is -4.04. The molecule has 0 fully saturated rings. The van der Waals surface area contributed by atoms with Crippen molar-refractivity contribution in [3.05, 3.63) is 101 Å². The van der Waals surface area contributed by atoms with Crippen molar-refractivity contribution in [3.63, 3.8) is 0 Å². The van der Waals surface area contributed by atoms with Crippen LogP contribution in [0.25, 0.3) is 6.08 Å². The molecule has 0 aromatic heterocycles. The summed E-state index contributed by atoms with van der Waals surface area (Å²) in [5, 5.41) is 12.3. The molecule has 3 rings (SSSR count). The van der Waals surface area contributed by atoms with Gasteiger partial charge in [-0.25, -0.2) is 0 Å². The average Bonchev–Trinajstić information content (AvgIpc) is 2.81.